The molecule has 0 amide bonds. The van der Waals surface area contributed by atoms with Crippen LogP contribution in [0.25, 0.3) is 0 Å². The molecule has 1 N–H and O–H groups in total. The van der Waals surface area contributed by atoms with E-state index in [1.807, 2.05) is 13.0 Å². The van der Waals surface area contributed by atoms with Crippen molar-refractivity contribution in [3.8, 4) is 11.8 Å². The Kier molecular flexibility index (Phi) is 2.16. The van der Waals surface area contributed by atoms with Crippen LogP contribution in [0.15, 0.2) is 16.6 Å². The number of rotatable bonds is 0. The van der Waals surface area contributed by atoms with Crippen molar-refractivity contribution in [1.29, 1.82) is 5.26 Å². The van der Waals surface area contributed by atoms with E-state index in [0.717, 1.165) is 5.56 Å². The molecule has 0 aliphatic rings. The van der Waals surface area contributed by atoms with E-state index in [1.165, 1.54) is 6.07 Å². The zero-order valence-electron chi connectivity index (χ0n) is 5.93. The molecule has 0 radical (unpaired) electrons. The van der Waals surface area contributed by atoms with E-state index in [9.17, 15) is 0 Å². The summed E-state index contributed by atoms with van der Waals surface area (Å²) in [5.41, 5.74) is 1.24. The quantitative estimate of drug-likeness (QED) is 0.717. The minimum atomic E-state index is 0.0185. The first-order valence-electron chi connectivity index (χ1n) is 3.05. The Bertz CT molecular complexity index is 328. The SMILES string of the molecule is Cc1ccc(O)c(C#N)c1Br. The van der Waals surface area contributed by atoms with Crippen LogP contribution in [0.1, 0.15) is 11.1 Å². The summed E-state index contributed by atoms with van der Waals surface area (Å²) in [4.78, 5) is 0. The lowest BCUT2D eigenvalue weighted by molar-refractivity contribution is 0.473. The summed E-state index contributed by atoms with van der Waals surface area (Å²) in [6.07, 6.45) is 0. The number of nitriles is 1. The summed E-state index contributed by atoms with van der Waals surface area (Å²) in [7, 11) is 0. The molecule has 0 fully saturated rings. The Hall–Kier alpha value is -1.01. The summed E-state index contributed by atoms with van der Waals surface area (Å²) in [6, 6.07) is 5.17. The molecule has 0 aromatic heterocycles. The molecule has 0 spiro atoms. The number of nitrogens with zero attached hydrogens (tertiary/aromatic N) is 1. The zero-order valence-corrected chi connectivity index (χ0v) is 7.51. The van der Waals surface area contributed by atoms with Crippen LogP contribution >= 0.6 is 15.9 Å². The zero-order chi connectivity index (χ0) is 8.43. The fourth-order valence-corrected chi connectivity index (χ4v) is 1.20. The summed E-state index contributed by atoms with van der Waals surface area (Å²) in [6.45, 7) is 1.87. The van der Waals surface area contributed by atoms with Crippen LogP contribution in [0.4, 0.5) is 0 Å². The van der Waals surface area contributed by atoms with Crippen molar-refractivity contribution in [1.82, 2.24) is 0 Å². The number of phenolic OH excluding ortho intramolecular Hbond substituents is 1. The van der Waals surface area contributed by atoms with Crippen LogP contribution in [0.5, 0.6) is 5.75 Å². The van der Waals surface area contributed by atoms with Crippen LogP contribution in [-0.2, 0) is 0 Å². The van der Waals surface area contributed by atoms with Gasteiger partial charge in [0.1, 0.15) is 17.4 Å². The maximum atomic E-state index is 9.16. The second-order valence-corrected chi connectivity index (χ2v) is 3.00. The third kappa shape index (κ3) is 1.36. The van der Waals surface area contributed by atoms with Gasteiger partial charge in [-0.25, -0.2) is 0 Å². The van der Waals surface area contributed by atoms with Crippen molar-refractivity contribution in [3.05, 3.63) is 27.7 Å². The topological polar surface area (TPSA) is 44.0 Å². The van der Waals surface area contributed by atoms with Crippen LogP contribution in [0.3, 0.4) is 0 Å². The average molecular weight is 212 g/mol. The normalized spacial score (nSPS) is 9.18. The summed E-state index contributed by atoms with van der Waals surface area (Å²) >= 11 is 3.21. The van der Waals surface area contributed by atoms with Gasteiger partial charge in [-0.1, -0.05) is 6.07 Å². The van der Waals surface area contributed by atoms with Gasteiger partial charge >= 0.3 is 0 Å². The molecule has 0 aliphatic carbocycles. The summed E-state index contributed by atoms with van der Waals surface area (Å²) < 4.78 is 0.667. The van der Waals surface area contributed by atoms with Gasteiger partial charge in [-0.3, -0.25) is 0 Å². The first kappa shape index (κ1) is 8.09. The van der Waals surface area contributed by atoms with E-state index in [4.69, 9.17) is 10.4 Å². The molecule has 0 heterocycles. The monoisotopic (exact) mass is 211 g/mol. The fourth-order valence-electron chi connectivity index (χ4n) is 0.776. The highest BCUT2D eigenvalue weighted by atomic mass is 79.9. The van der Waals surface area contributed by atoms with Gasteiger partial charge in [0, 0.05) is 4.47 Å². The van der Waals surface area contributed by atoms with Crippen molar-refractivity contribution >= 4 is 15.9 Å². The van der Waals surface area contributed by atoms with Gasteiger partial charge in [0.25, 0.3) is 0 Å². The average Bonchev–Trinajstić information content (AvgIpc) is 1.99. The van der Waals surface area contributed by atoms with E-state index in [2.05, 4.69) is 15.9 Å². The smallest absolute Gasteiger partial charge is 0.134 e. The summed E-state index contributed by atoms with van der Waals surface area (Å²) in [5, 5.41) is 17.7. The highest BCUT2D eigenvalue weighted by Crippen LogP contribution is 2.27. The Morgan fingerprint density at radius 1 is 1.55 bits per heavy atom. The molecule has 1 aromatic carbocycles. The number of aromatic hydroxyl groups is 1. The van der Waals surface area contributed by atoms with Gasteiger partial charge in [0.15, 0.2) is 0 Å². The Labute approximate surface area is 73.2 Å². The standard InChI is InChI=1S/C8H6BrNO/c1-5-2-3-7(11)6(4-10)8(5)9/h2-3,11H,1H3. The van der Waals surface area contributed by atoms with Gasteiger partial charge in [0.05, 0.1) is 0 Å². The molecule has 0 saturated carbocycles. The minimum absolute atomic E-state index is 0.0185. The van der Waals surface area contributed by atoms with Crippen molar-refractivity contribution in [2.75, 3.05) is 0 Å². The molecule has 3 heteroatoms. The number of benzene rings is 1. The third-order valence-electron chi connectivity index (χ3n) is 1.42. The van der Waals surface area contributed by atoms with Gasteiger partial charge < -0.3 is 5.11 Å². The number of halogens is 1. The fraction of sp³-hybridized carbons (Fsp3) is 0.125. The highest BCUT2D eigenvalue weighted by molar-refractivity contribution is 9.10. The number of phenols is 1. The first-order chi connectivity index (χ1) is 5.16. The van der Waals surface area contributed by atoms with Gasteiger partial charge in [0.2, 0.25) is 0 Å². The number of aryl methyl sites for hydroxylation is 1. The van der Waals surface area contributed by atoms with E-state index in [0.29, 0.717) is 10.0 Å². The highest BCUT2D eigenvalue weighted by Gasteiger charge is 2.06. The predicted molar refractivity (Wildman–Crippen MR) is 45.3 cm³/mol. The maximum Gasteiger partial charge on any atom is 0.134 e. The molecule has 0 saturated heterocycles. The van der Waals surface area contributed by atoms with Gasteiger partial charge in [-0.15, -0.1) is 0 Å². The molecule has 1 rings (SSSR count). The van der Waals surface area contributed by atoms with Gasteiger partial charge in [-0.05, 0) is 34.5 Å². The first-order valence-corrected chi connectivity index (χ1v) is 3.84. The molecule has 2 nitrogen and oxygen atoms in total. The maximum absolute atomic E-state index is 9.16. The lowest BCUT2D eigenvalue weighted by atomic mass is 10.1. The van der Waals surface area contributed by atoms with Crippen LogP contribution in [0.2, 0.25) is 0 Å². The van der Waals surface area contributed by atoms with Crippen molar-refractivity contribution in [2.45, 2.75) is 6.92 Å². The minimum Gasteiger partial charge on any atom is -0.507 e. The molecule has 0 unspecified atom stereocenters. The summed E-state index contributed by atoms with van der Waals surface area (Å²) in [5.74, 6) is 0.0185. The van der Waals surface area contributed by atoms with Gasteiger partial charge in [-0.2, -0.15) is 5.26 Å². The molecule has 0 aliphatic heterocycles. The third-order valence-corrected chi connectivity index (χ3v) is 2.45. The lowest BCUT2D eigenvalue weighted by Gasteiger charge is -2.00. The van der Waals surface area contributed by atoms with Crippen LogP contribution < -0.4 is 0 Å². The van der Waals surface area contributed by atoms with Crippen molar-refractivity contribution < 1.29 is 5.11 Å². The second-order valence-electron chi connectivity index (χ2n) is 2.20. The van der Waals surface area contributed by atoms with E-state index in [1.54, 1.807) is 6.07 Å². The Morgan fingerprint density at radius 3 is 2.64 bits per heavy atom. The Balaban J connectivity index is 3.44. The molecular formula is C8H6BrNO. The second kappa shape index (κ2) is 2.93. The molecular weight excluding hydrogens is 206 g/mol. The van der Waals surface area contributed by atoms with E-state index in [-0.39, 0.29) is 5.75 Å². The molecule has 1 aromatic rings. The van der Waals surface area contributed by atoms with E-state index >= 15 is 0 Å². The van der Waals surface area contributed by atoms with Crippen molar-refractivity contribution in [3.63, 3.8) is 0 Å². The largest absolute Gasteiger partial charge is 0.507 e. The lowest BCUT2D eigenvalue weighted by Crippen LogP contribution is -1.82. The molecule has 0 bridgehead atoms. The van der Waals surface area contributed by atoms with Crippen LogP contribution in [-0.4, -0.2) is 5.11 Å². The van der Waals surface area contributed by atoms with E-state index < -0.39 is 0 Å². The van der Waals surface area contributed by atoms with Crippen molar-refractivity contribution in [2.24, 2.45) is 0 Å². The Morgan fingerprint density at radius 2 is 2.18 bits per heavy atom. The molecule has 11 heavy (non-hydrogen) atoms. The molecule has 0 atom stereocenters. The molecule has 56 valence electrons. The number of hydrogen-bond acceptors (Lipinski definition) is 2. The number of hydrogen-bond donors (Lipinski definition) is 1. The predicted octanol–water partition coefficient (Wildman–Crippen LogP) is 2.33. The van der Waals surface area contributed by atoms with Crippen LogP contribution in [0, 0.1) is 18.3 Å².